The molecule has 62 heavy (non-hydrogen) atoms. The van der Waals surface area contributed by atoms with Crippen LogP contribution in [-0.4, -0.2) is 5.84 Å². The van der Waals surface area contributed by atoms with Gasteiger partial charge in [0.25, 0.3) is 0 Å². The fraction of sp³-hybridized carbons (Fsp3) is 0.0339. The first-order valence-corrected chi connectivity index (χ1v) is 21.4. The van der Waals surface area contributed by atoms with Crippen molar-refractivity contribution in [3.63, 3.8) is 0 Å². The van der Waals surface area contributed by atoms with Crippen LogP contribution in [-0.2, 0) is 5.41 Å². The highest BCUT2D eigenvalue weighted by Crippen LogP contribution is 2.63. The molecule has 1 unspecified atom stereocenters. The first-order valence-electron chi connectivity index (χ1n) is 21.4. The second-order valence-corrected chi connectivity index (χ2v) is 16.3. The summed E-state index contributed by atoms with van der Waals surface area (Å²) in [5.74, 6) is 0.857. The maximum absolute atomic E-state index is 5.31. The van der Waals surface area contributed by atoms with Crippen LogP contribution in [0.4, 0.5) is 17.1 Å². The Bertz CT molecular complexity index is 3170. The average molecular weight is 792 g/mol. The number of fused-ring (bicyclic) bond motifs is 9. The van der Waals surface area contributed by atoms with Gasteiger partial charge in [-0.1, -0.05) is 194 Å². The van der Waals surface area contributed by atoms with Crippen molar-refractivity contribution in [1.82, 2.24) is 5.32 Å². The van der Waals surface area contributed by atoms with Gasteiger partial charge in [-0.3, -0.25) is 4.99 Å². The second-order valence-electron chi connectivity index (χ2n) is 16.3. The molecule has 0 aromatic heterocycles. The number of nitrogens with zero attached hydrogens (tertiary/aromatic N) is 2. The van der Waals surface area contributed by atoms with Gasteiger partial charge in [0.15, 0.2) is 0 Å². The van der Waals surface area contributed by atoms with E-state index in [1.165, 1.54) is 61.4 Å². The van der Waals surface area contributed by atoms with Crippen molar-refractivity contribution in [1.29, 1.82) is 0 Å². The van der Waals surface area contributed by atoms with Crippen LogP contribution in [0.25, 0.3) is 39.1 Å². The van der Waals surface area contributed by atoms with E-state index in [1.807, 2.05) is 0 Å². The molecule has 3 aliphatic rings. The minimum absolute atomic E-state index is 0.115. The topological polar surface area (TPSA) is 27.6 Å². The SMILES string of the molecule is C1=C(c2ccccc2)NC(c2cccc(-c3ccccc3-c3ccc4c(c3)C3(c5ccccc5-4)c4ccccc4N(c4ccccc4)c4ccccc43)c2)=NC1c1ccccc1. The van der Waals surface area contributed by atoms with E-state index in [0.29, 0.717) is 0 Å². The molecule has 3 heteroatoms. The molecule has 1 N–H and O–H groups in total. The number of nitrogens with one attached hydrogen (secondary N) is 1. The van der Waals surface area contributed by atoms with E-state index in [2.05, 4.69) is 247 Å². The summed E-state index contributed by atoms with van der Waals surface area (Å²) in [5, 5.41) is 3.72. The summed E-state index contributed by atoms with van der Waals surface area (Å²) < 4.78 is 0. The molecule has 2 heterocycles. The molecule has 3 nitrogen and oxygen atoms in total. The van der Waals surface area contributed by atoms with E-state index in [9.17, 15) is 0 Å². The van der Waals surface area contributed by atoms with Crippen LogP contribution in [0, 0.1) is 0 Å². The van der Waals surface area contributed by atoms with Gasteiger partial charge < -0.3 is 10.2 Å². The van der Waals surface area contributed by atoms with Gasteiger partial charge in [0.2, 0.25) is 0 Å². The van der Waals surface area contributed by atoms with Crippen LogP contribution in [0.5, 0.6) is 0 Å². The predicted octanol–water partition coefficient (Wildman–Crippen LogP) is 14.3. The van der Waals surface area contributed by atoms with Gasteiger partial charge in [-0.25, -0.2) is 0 Å². The Morgan fingerprint density at radius 1 is 0.387 bits per heavy atom. The molecule has 2 aliphatic heterocycles. The van der Waals surface area contributed by atoms with Crippen LogP contribution in [0.1, 0.15) is 45.0 Å². The second kappa shape index (κ2) is 14.6. The van der Waals surface area contributed by atoms with Gasteiger partial charge in [-0.15, -0.1) is 0 Å². The molecule has 9 aromatic rings. The van der Waals surface area contributed by atoms with Gasteiger partial charge in [-0.2, -0.15) is 0 Å². The number of anilines is 3. The van der Waals surface area contributed by atoms with Gasteiger partial charge in [0, 0.05) is 16.9 Å². The van der Waals surface area contributed by atoms with Crippen molar-refractivity contribution < 1.29 is 0 Å². The number of benzene rings is 9. The monoisotopic (exact) mass is 791 g/mol. The van der Waals surface area contributed by atoms with Crippen molar-refractivity contribution in [2.45, 2.75) is 11.5 Å². The Balaban J connectivity index is 1.01. The summed E-state index contributed by atoms with van der Waals surface area (Å²) >= 11 is 0. The fourth-order valence-electron chi connectivity index (χ4n) is 10.2. The molecule has 1 spiro atoms. The number of rotatable bonds is 6. The van der Waals surface area contributed by atoms with Crippen molar-refractivity contribution in [2.24, 2.45) is 4.99 Å². The van der Waals surface area contributed by atoms with Gasteiger partial charge in [0.1, 0.15) is 5.84 Å². The molecule has 292 valence electrons. The van der Waals surface area contributed by atoms with Crippen molar-refractivity contribution in [3.8, 4) is 33.4 Å². The van der Waals surface area contributed by atoms with Crippen molar-refractivity contribution >= 4 is 28.6 Å². The van der Waals surface area contributed by atoms with E-state index in [-0.39, 0.29) is 6.04 Å². The highest BCUT2D eigenvalue weighted by atomic mass is 15.2. The molecule has 0 radical (unpaired) electrons. The average Bonchev–Trinajstić information content (AvgIpc) is 3.65. The Labute approximate surface area is 362 Å². The van der Waals surface area contributed by atoms with Crippen LogP contribution in [0.3, 0.4) is 0 Å². The molecule has 0 saturated heterocycles. The lowest BCUT2D eigenvalue weighted by molar-refractivity contribution is 0.753. The Kier molecular flexibility index (Phi) is 8.46. The van der Waals surface area contributed by atoms with Crippen LogP contribution < -0.4 is 10.2 Å². The predicted molar refractivity (Wildman–Crippen MR) is 256 cm³/mol. The van der Waals surface area contributed by atoms with E-state index < -0.39 is 5.41 Å². The van der Waals surface area contributed by atoms with Crippen LogP contribution in [0.15, 0.2) is 242 Å². The van der Waals surface area contributed by atoms with E-state index in [1.54, 1.807) is 0 Å². The normalized spacial score (nSPS) is 15.4. The zero-order valence-electron chi connectivity index (χ0n) is 34.0. The lowest BCUT2D eigenvalue weighted by atomic mass is 9.64. The lowest BCUT2D eigenvalue weighted by Crippen LogP contribution is -2.36. The highest BCUT2D eigenvalue weighted by molar-refractivity contribution is 6.06. The quantitative estimate of drug-likeness (QED) is 0.182. The standard InChI is InChI=1S/C59H41N3/c1-4-19-40(20-5-1)54-39-55(41-21-6-2-7-22-41)61-58(60-54)44-24-18-23-42(37-44)46-27-10-11-28-47(46)43-35-36-49-48-29-12-13-30-50(48)59(53(49)38-43)51-31-14-16-33-56(51)62(45-25-8-3-9-26-45)57-34-17-15-32-52(57)59/h1-39,54H,(H,60,61). The summed E-state index contributed by atoms with van der Waals surface area (Å²) in [6.07, 6.45) is 2.23. The maximum Gasteiger partial charge on any atom is 0.133 e. The fourth-order valence-corrected chi connectivity index (χ4v) is 10.2. The number of hydrogen-bond donors (Lipinski definition) is 1. The minimum Gasteiger partial charge on any atom is -0.340 e. The summed E-state index contributed by atoms with van der Waals surface area (Å²) in [4.78, 5) is 7.75. The number of hydrogen-bond acceptors (Lipinski definition) is 3. The molecule has 0 fully saturated rings. The number of aliphatic imine (C=N–C) groups is 1. The van der Waals surface area contributed by atoms with Crippen LogP contribution in [0.2, 0.25) is 0 Å². The summed E-state index contributed by atoms with van der Waals surface area (Å²) in [7, 11) is 0. The molecule has 0 bridgehead atoms. The van der Waals surface area contributed by atoms with Gasteiger partial charge >= 0.3 is 0 Å². The third-order valence-electron chi connectivity index (χ3n) is 12.9. The first-order chi connectivity index (χ1) is 30.8. The Hall–Kier alpha value is -8.01. The first kappa shape index (κ1) is 35.9. The molecule has 1 atom stereocenters. The Morgan fingerprint density at radius 2 is 0.903 bits per heavy atom. The van der Waals surface area contributed by atoms with E-state index in [4.69, 9.17) is 4.99 Å². The summed E-state index contributed by atoms with van der Waals surface area (Å²) in [6, 6.07) is 83.7. The lowest BCUT2D eigenvalue weighted by Gasteiger charge is -2.45. The van der Waals surface area contributed by atoms with E-state index in [0.717, 1.165) is 39.5 Å². The van der Waals surface area contributed by atoms with Gasteiger partial charge in [-0.05, 0) is 109 Å². The third kappa shape index (κ3) is 5.63. The largest absolute Gasteiger partial charge is 0.340 e. The zero-order valence-corrected chi connectivity index (χ0v) is 34.0. The molecule has 1 aliphatic carbocycles. The number of para-hydroxylation sites is 3. The summed E-state index contributed by atoms with van der Waals surface area (Å²) in [6.45, 7) is 0. The molecule has 12 rings (SSSR count). The molecule has 0 amide bonds. The molecule has 0 saturated carbocycles. The summed E-state index contributed by atoms with van der Waals surface area (Å²) in [5.41, 5.74) is 19.8. The van der Waals surface area contributed by atoms with Crippen LogP contribution >= 0.6 is 0 Å². The van der Waals surface area contributed by atoms with Crippen molar-refractivity contribution in [2.75, 3.05) is 4.90 Å². The smallest absolute Gasteiger partial charge is 0.133 e. The minimum atomic E-state index is -0.528. The third-order valence-corrected chi connectivity index (χ3v) is 12.9. The molecular weight excluding hydrogens is 751 g/mol. The number of amidine groups is 1. The van der Waals surface area contributed by atoms with Gasteiger partial charge in [0.05, 0.1) is 22.8 Å². The zero-order chi connectivity index (χ0) is 41.0. The molecule has 9 aromatic carbocycles. The maximum atomic E-state index is 5.31. The Morgan fingerprint density at radius 3 is 1.60 bits per heavy atom. The highest BCUT2D eigenvalue weighted by Gasteiger charge is 2.51. The molecular formula is C59H41N3. The van der Waals surface area contributed by atoms with Crippen molar-refractivity contribution in [3.05, 3.63) is 276 Å². The van der Waals surface area contributed by atoms with E-state index >= 15 is 0 Å².